The maximum atomic E-state index is 5.72. The first-order chi connectivity index (χ1) is 5.47. The van der Waals surface area contributed by atoms with Gasteiger partial charge in [-0.3, -0.25) is 0 Å². The lowest BCUT2D eigenvalue weighted by Crippen LogP contribution is -1.85. The summed E-state index contributed by atoms with van der Waals surface area (Å²) in [7, 11) is 0. The van der Waals surface area contributed by atoms with Crippen molar-refractivity contribution >= 4 is 44.7 Å². The number of halogens is 3. The summed E-state index contributed by atoms with van der Waals surface area (Å²) in [5, 5.41) is -2.28. The third-order valence-electron chi connectivity index (χ3n) is 1.34. The molecule has 0 saturated carbocycles. The van der Waals surface area contributed by atoms with Gasteiger partial charge in [0.1, 0.15) is 39.9 Å². The highest BCUT2D eigenvalue weighted by molar-refractivity contribution is 8.32. The Bertz CT molecular complexity index is 254. The summed E-state index contributed by atoms with van der Waals surface area (Å²) in [6, 6.07) is 7.35. The number of benzene rings is 1. The average Bonchev–Trinajstić information content (AvgIpc) is 1.91. The zero-order valence-electron chi connectivity index (χ0n) is 6.17. The monoisotopic (exact) mass is 242 g/mol. The molecule has 0 spiro atoms. The zero-order valence-corrected chi connectivity index (χ0v) is 9.34. The minimum Gasteiger partial charge on any atom is -0.399 e. The predicted molar refractivity (Wildman–Crippen MR) is 59.0 cm³/mol. The van der Waals surface area contributed by atoms with Crippen LogP contribution < -0.4 is 5.73 Å². The van der Waals surface area contributed by atoms with E-state index in [0.717, 1.165) is 11.3 Å². The summed E-state index contributed by atoms with van der Waals surface area (Å²) in [5.41, 5.74) is 7.24. The molecule has 0 aliphatic heterocycles. The van der Waals surface area contributed by atoms with Crippen LogP contribution in [0.2, 0.25) is 0 Å². The lowest BCUT2D eigenvalue weighted by atomic mass is 10.2. The minimum absolute atomic E-state index is 0.512. The van der Waals surface area contributed by atoms with Gasteiger partial charge in [0.2, 0.25) is 0 Å². The van der Waals surface area contributed by atoms with E-state index in [2.05, 4.69) is 0 Å². The first-order valence-corrected chi connectivity index (χ1v) is 7.98. The van der Waals surface area contributed by atoms with Gasteiger partial charge in [0.05, 0.1) is 0 Å². The van der Waals surface area contributed by atoms with Crippen molar-refractivity contribution in [3.63, 3.8) is 0 Å². The van der Waals surface area contributed by atoms with Crippen LogP contribution in [0.15, 0.2) is 24.3 Å². The highest BCUT2D eigenvalue weighted by Gasteiger charge is 2.32. The third-order valence-corrected chi connectivity index (χ3v) is 3.14. The van der Waals surface area contributed by atoms with Gasteiger partial charge in [0.15, 0.2) is 0 Å². The van der Waals surface area contributed by atoms with E-state index in [1.54, 1.807) is 12.1 Å². The molecule has 1 nitrogen and oxygen atoms in total. The van der Waals surface area contributed by atoms with Crippen molar-refractivity contribution < 1.29 is 0 Å². The Morgan fingerprint density at radius 2 is 1.58 bits per heavy atom. The fraction of sp³-hybridized carbons (Fsp3) is 0.143. The molecule has 5 heteroatoms. The molecule has 0 atom stereocenters. The van der Waals surface area contributed by atoms with Crippen LogP contribution in [0.25, 0.3) is 0 Å². The van der Waals surface area contributed by atoms with Gasteiger partial charge in [0.25, 0.3) is 0 Å². The summed E-state index contributed by atoms with van der Waals surface area (Å²) in [6.07, 6.45) is 0.512. The van der Waals surface area contributed by atoms with Crippen LogP contribution in [0.1, 0.15) is 5.56 Å². The highest BCUT2D eigenvalue weighted by Crippen LogP contribution is 2.75. The molecule has 0 fully saturated rings. The topological polar surface area (TPSA) is 26.0 Å². The molecule has 66 valence electrons. The molecule has 0 aliphatic rings. The van der Waals surface area contributed by atoms with Gasteiger partial charge in [-0.05, 0) is 17.7 Å². The standard InChI is InChI=1S/C7H8Cl3NP/c8-12(9,10)5-6-1-3-7(11)4-2-6/h1-4H,5,11H2/q+1. The SMILES string of the molecule is Nc1ccc(C[P+](Cl)(Cl)Cl)cc1. The van der Waals surface area contributed by atoms with Gasteiger partial charge >= 0.3 is 5.32 Å². The lowest BCUT2D eigenvalue weighted by molar-refractivity contribution is 1.41. The molecule has 0 aromatic heterocycles. The molecule has 0 bridgehead atoms. The second-order valence-electron chi connectivity index (χ2n) is 2.45. The largest absolute Gasteiger partial charge is 0.399 e. The second-order valence-corrected chi connectivity index (χ2v) is 10.6. The van der Waals surface area contributed by atoms with E-state index >= 15 is 0 Å². The normalized spacial score (nSPS) is 11.6. The summed E-state index contributed by atoms with van der Waals surface area (Å²) in [6.45, 7) is 0. The molecule has 12 heavy (non-hydrogen) atoms. The molecule has 1 rings (SSSR count). The smallest absolute Gasteiger partial charge is 0.312 e. The van der Waals surface area contributed by atoms with E-state index in [1.165, 1.54) is 0 Å². The lowest BCUT2D eigenvalue weighted by Gasteiger charge is -2.00. The van der Waals surface area contributed by atoms with E-state index in [-0.39, 0.29) is 0 Å². The molecule has 0 radical (unpaired) electrons. The van der Waals surface area contributed by atoms with Crippen LogP contribution >= 0.6 is 39.0 Å². The Labute approximate surface area is 86.5 Å². The van der Waals surface area contributed by atoms with Crippen molar-refractivity contribution in [1.29, 1.82) is 0 Å². The first kappa shape index (κ1) is 10.4. The Morgan fingerprint density at radius 1 is 1.08 bits per heavy atom. The number of rotatable bonds is 2. The van der Waals surface area contributed by atoms with Gasteiger partial charge in [-0.15, -0.1) is 0 Å². The quantitative estimate of drug-likeness (QED) is 0.610. The third kappa shape index (κ3) is 3.82. The van der Waals surface area contributed by atoms with Crippen LogP contribution in [0.3, 0.4) is 0 Å². The van der Waals surface area contributed by atoms with E-state index < -0.39 is 5.32 Å². The van der Waals surface area contributed by atoms with Crippen molar-refractivity contribution in [2.24, 2.45) is 0 Å². The van der Waals surface area contributed by atoms with Gasteiger partial charge < -0.3 is 5.73 Å². The van der Waals surface area contributed by atoms with E-state index in [4.69, 9.17) is 39.5 Å². The molecule has 0 unspecified atom stereocenters. The van der Waals surface area contributed by atoms with Gasteiger partial charge in [-0.25, -0.2) is 0 Å². The Kier molecular flexibility index (Phi) is 3.48. The first-order valence-electron chi connectivity index (χ1n) is 3.29. The highest BCUT2D eigenvalue weighted by atomic mass is 36.1. The van der Waals surface area contributed by atoms with Gasteiger partial charge in [-0.2, -0.15) is 0 Å². The summed E-state index contributed by atoms with van der Waals surface area (Å²) < 4.78 is 0. The van der Waals surface area contributed by atoms with E-state index in [1.807, 2.05) is 12.1 Å². The molecule has 1 aromatic rings. The number of nitrogen functional groups attached to an aromatic ring is 1. The maximum Gasteiger partial charge on any atom is 0.312 e. The summed E-state index contributed by atoms with van der Waals surface area (Å²) >= 11 is 17.2. The van der Waals surface area contributed by atoms with Crippen LogP contribution in [0.4, 0.5) is 5.69 Å². The van der Waals surface area contributed by atoms with E-state index in [9.17, 15) is 0 Å². The number of hydrogen-bond donors (Lipinski definition) is 1. The van der Waals surface area contributed by atoms with Gasteiger partial charge in [0, 0.05) is 5.69 Å². The molecule has 0 heterocycles. The van der Waals surface area contributed by atoms with Gasteiger partial charge in [-0.1, -0.05) is 12.1 Å². The summed E-state index contributed by atoms with van der Waals surface area (Å²) in [5.74, 6) is 0. The molecule has 0 aliphatic carbocycles. The molecule has 0 saturated heterocycles. The van der Waals surface area contributed by atoms with Crippen LogP contribution in [0, 0.1) is 0 Å². The molecule has 0 amide bonds. The van der Waals surface area contributed by atoms with Crippen molar-refractivity contribution in [1.82, 2.24) is 0 Å². The minimum atomic E-state index is -2.28. The molecular weight excluding hydrogens is 235 g/mol. The van der Waals surface area contributed by atoms with Crippen molar-refractivity contribution in [3.05, 3.63) is 29.8 Å². The Hall–Kier alpha value is 0.320. The maximum absolute atomic E-state index is 5.72. The molecular formula is C7H8Cl3NP+. The fourth-order valence-electron chi connectivity index (χ4n) is 0.830. The van der Waals surface area contributed by atoms with Crippen LogP contribution in [0.5, 0.6) is 0 Å². The predicted octanol–water partition coefficient (Wildman–Crippen LogP) is 4.25. The molecule has 2 N–H and O–H groups in total. The van der Waals surface area contributed by atoms with Crippen molar-refractivity contribution in [3.8, 4) is 0 Å². The van der Waals surface area contributed by atoms with E-state index in [0.29, 0.717) is 6.16 Å². The fourth-order valence-corrected chi connectivity index (χ4v) is 2.70. The number of nitrogens with two attached hydrogens (primary N) is 1. The average molecular weight is 243 g/mol. The summed E-state index contributed by atoms with van der Waals surface area (Å²) in [4.78, 5) is 0. The van der Waals surface area contributed by atoms with Crippen molar-refractivity contribution in [2.75, 3.05) is 5.73 Å². The zero-order chi connectivity index (χ0) is 9.19. The number of anilines is 1. The Balaban J connectivity index is 2.71. The van der Waals surface area contributed by atoms with Crippen LogP contribution in [-0.2, 0) is 6.16 Å². The van der Waals surface area contributed by atoms with Crippen LogP contribution in [-0.4, -0.2) is 0 Å². The second kappa shape index (κ2) is 4.02. The Morgan fingerprint density at radius 3 is 2.00 bits per heavy atom. The molecule has 1 aromatic carbocycles. The van der Waals surface area contributed by atoms with Crippen molar-refractivity contribution in [2.45, 2.75) is 6.16 Å². The number of hydrogen-bond acceptors (Lipinski definition) is 1.